The van der Waals surface area contributed by atoms with Crippen LogP contribution in [0.25, 0.3) is 0 Å². The molecule has 0 aromatic carbocycles. The average Bonchev–Trinajstić information content (AvgIpc) is 2.24. The highest BCUT2D eigenvalue weighted by Gasteiger charge is 2.10. The Labute approximate surface area is 99.6 Å². The summed E-state index contributed by atoms with van der Waals surface area (Å²) in [6.45, 7) is 9.23. The van der Waals surface area contributed by atoms with E-state index in [1.54, 1.807) is 0 Å². The Balaban J connectivity index is 3.81. The summed E-state index contributed by atoms with van der Waals surface area (Å²) >= 11 is 0. The van der Waals surface area contributed by atoms with Crippen LogP contribution in [0.3, 0.4) is 0 Å². The molecule has 0 aromatic rings. The van der Waals surface area contributed by atoms with Crippen LogP contribution in [-0.2, 0) is 4.79 Å². The van der Waals surface area contributed by atoms with Crippen LogP contribution in [0.2, 0.25) is 0 Å². The fraction of sp³-hybridized carbons (Fsp3) is 0.917. The summed E-state index contributed by atoms with van der Waals surface area (Å²) in [6.07, 6.45) is 3.10. The van der Waals surface area contributed by atoms with Crippen LogP contribution < -0.4 is 11.1 Å². The first-order chi connectivity index (χ1) is 7.63. The quantitative estimate of drug-likeness (QED) is 0.619. The van der Waals surface area contributed by atoms with Gasteiger partial charge >= 0.3 is 0 Å². The zero-order valence-electron chi connectivity index (χ0n) is 11.0. The molecule has 0 bridgehead atoms. The average molecular weight is 229 g/mol. The fourth-order valence-electron chi connectivity index (χ4n) is 1.69. The highest BCUT2D eigenvalue weighted by molar-refractivity contribution is 5.78. The Morgan fingerprint density at radius 2 is 2.12 bits per heavy atom. The number of carbonyl (C=O) groups is 1. The van der Waals surface area contributed by atoms with E-state index in [9.17, 15) is 4.79 Å². The van der Waals surface area contributed by atoms with Gasteiger partial charge in [0.2, 0.25) is 5.91 Å². The van der Waals surface area contributed by atoms with Gasteiger partial charge in [0, 0.05) is 6.04 Å². The molecule has 0 aliphatic rings. The van der Waals surface area contributed by atoms with Crippen molar-refractivity contribution in [3.63, 3.8) is 0 Å². The number of amides is 1. The van der Waals surface area contributed by atoms with Crippen LogP contribution in [0.1, 0.15) is 40.0 Å². The molecule has 4 nitrogen and oxygen atoms in total. The molecule has 0 heterocycles. The molecule has 0 saturated heterocycles. The summed E-state index contributed by atoms with van der Waals surface area (Å²) in [5.74, 6) is 0.125. The van der Waals surface area contributed by atoms with E-state index >= 15 is 0 Å². The first-order valence-electron chi connectivity index (χ1n) is 6.35. The van der Waals surface area contributed by atoms with Crippen LogP contribution >= 0.6 is 0 Å². The Hall–Kier alpha value is -0.610. The number of carbonyl (C=O) groups excluding carboxylic acids is 1. The molecule has 1 amide bonds. The molecule has 0 aliphatic carbocycles. The molecule has 3 N–H and O–H groups in total. The second kappa shape index (κ2) is 9.60. The first-order valence-corrected chi connectivity index (χ1v) is 6.35. The standard InChI is InChI=1S/C12H27N3O/c1-4-7-11(3)14-12(16)10-15(5-2)9-6-8-13/h11H,4-10,13H2,1-3H3,(H,14,16). The third kappa shape index (κ3) is 7.65. The van der Waals surface area contributed by atoms with Gasteiger partial charge in [-0.2, -0.15) is 0 Å². The number of likely N-dealkylation sites (N-methyl/N-ethyl adjacent to an activating group) is 1. The summed E-state index contributed by atoms with van der Waals surface area (Å²) in [6, 6.07) is 0.283. The van der Waals surface area contributed by atoms with Gasteiger partial charge in [-0.25, -0.2) is 0 Å². The molecular formula is C12H27N3O. The monoisotopic (exact) mass is 229 g/mol. The van der Waals surface area contributed by atoms with Crippen molar-refractivity contribution in [2.24, 2.45) is 5.73 Å². The van der Waals surface area contributed by atoms with Gasteiger partial charge in [0.15, 0.2) is 0 Å². The summed E-state index contributed by atoms with van der Waals surface area (Å²) in [5, 5.41) is 3.01. The third-order valence-electron chi connectivity index (χ3n) is 2.62. The maximum Gasteiger partial charge on any atom is 0.234 e. The number of hydrogen-bond donors (Lipinski definition) is 2. The highest BCUT2D eigenvalue weighted by atomic mass is 16.2. The molecule has 0 fully saturated rings. The van der Waals surface area contributed by atoms with Crippen molar-refractivity contribution in [3.8, 4) is 0 Å². The molecule has 1 unspecified atom stereocenters. The maximum atomic E-state index is 11.7. The maximum absolute atomic E-state index is 11.7. The predicted octanol–water partition coefficient (Wildman–Crippen LogP) is 0.962. The Bertz CT molecular complexity index is 185. The summed E-state index contributed by atoms with van der Waals surface area (Å²) in [5.41, 5.74) is 5.46. The largest absolute Gasteiger partial charge is 0.353 e. The van der Waals surface area contributed by atoms with E-state index in [1.807, 2.05) is 0 Å². The molecule has 0 rings (SSSR count). The molecule has 96 valence electrons. The predicted molar refractivity (Wildman–Crippen MR) is 68.3 cm³/mol. The second-order valence-corrected chi connectivity index (χ2v) is 4.27. The lowest BCUT2D eigenvalue weighted by Gasteiger charge is -2.21. The van der Waals surface area contributed by atoms with Crippen LogP contribution in [0.5, 0.6) is 0 Å². The molecule has 16 heavy (non-hydrogen) atoms. The number of nitrogens with one attached hydrogen (secondary N) is 1. The number of nitrogens with two attached hydrogens (primary N) is 1. The van der Waals surface area contributed by atoms with Crippen molar-refractivity contribution in [2.45, 2.75) is 46.1 Å². The van der Waals surface area contributed by atoms with E-state index < -0.39 is 0 Å². The molecule has 0 aromatic heterocycles. The van der Waals surface area contributed by atoms with Gasteiger partial charge < -0.3 is 11.1 Å². The van der Waals surface area contributed by atoms with E-state index in [0.717, 1.165) is 32.4 Å². The van der Waals surface area contributed by atoms with Gasteiger partial charge in [-0.3, -0.25) is 9.69 Å². The lowest BCUT2D eigenvalue weighted by Crippen LogP contribution is -2.41. The Morgan fingerprint density at radius 1 is 1.44 bits per heavy atom. The molecule has 0 radical (unpaired) electrons. The van der Waals surface area contributed by atoms with E-state index in [1.165, 1.54) is 0 Å². The lowest BCUT2D eigenvalue weighted by molar-refractivity contribution is -0.122. The molecule has 0 spiro atoms. The van der Waals surface area contributed by atoms with E-state index in [4.69, 9.17) is 5.73 Å². The van der Waals surface area contributed by atoms with Gasteiger partial charge in [-0.05, 0) is 39.4 Å². The number of nitrogens with zero attached hydrogens (tertiary/aromatic N) is 1. The minimum atomic E-state index is 0.125. The molecule has 4 heteroatoms. The zero-order chi connectivity index (χ0) is 12.4. The SMILES string of the molecule is CCCC(C)NC(=O)CN(CC)CCCN. The van der Waals surface area contributed by atoms with E-state index in [0.29, 0.717) is 13.1 Å². The number of rotatable bonds is 9. The topological polar surface area (TPSA) is 58.4 Å². The van der Waals surface area contributed by atoms with Crippen molar-refractivity contribution in [2.75, 3.05) is 26.2 Å². The lowest BCUT2D eigenvalue weighted by atomic mass is 10.2. The molecule has 0 aliphatic heterocycles. The van der Waals surface area contributed by atoms with Gasteiger partial charge in [-0.15, -0.1) is 0 Å². The van der Waals surface area contributed by atoms with Gasteiger partial charge in [-0.1, -0.05) is 20.3 Å². The van der Waals surface area contributed by atoms with Crippen LogP contribution in [0.4, 0.5) is 0 Å². The normalized spacial score (nSPS) is 12.8. The fourth-order valence-corrected chi connectivity index (χ4v) is 1.69. The van der Waals surface area contributed by atoms with E-state index in [2.05, 4.69) is 31.0 Å². The van der Waals surface area contributed by atoms with Crippen molar-refractivity contribution in [1.29, 1.82) is 0 Å². The Kier molecular flexibility index (Phi) is 9.24. The minimum absolute atomic E-state index is 0.125. The van der Waals surface area contributed by atoms with Crippen molar-refractivity contribution in [1.82, 2.24) is 10.2 Å². The molecule has 1 atom stereocenters. The van der Waals surface area contributed by atoms with Gasteiger partial charge in [0.25, 0.3) is 0 Å². The van der Waals surface area contributed by atoms with Crippen LogP contribution in [0.15, 0.2) is 0 Å². The third-order valence-corrected chi connectivity index (χ3v) is 2.62. The number of hydrogen-bond acceptors (Lipinski definition) is 3. The van der Waals surface area contributed by atoms with Crippen LogP contribution in [-0.4, -0.2) is 43.0 Å². The second-order valence-electron chi connectivity index (χ2n) is 4.27. The van der Waals surface area contributed by atoms with Crippen molar-refractivity contribution < 1.29 is 4.79 Å². The van der Waals surface area contributed by atoms with Gasteiger partial charge in [0.1, 0.15) is 0 Å². The summed E-state index contributed by atoms with van der Waals surface area (Å²) < 4.78 is 0. The smallest absolute Gasteiger partial charge is 0.234 e. The van der Waals surface area contributed by atoms with E-state index in [-0.39, 0.29) is 11.9 Å². The summed E-state index contributed by atoms with van der Waals surface area (Å²) in [7, 11) is 0. The molecular weight excluding hydrogens is 202 g/mol. The first kappa shape index (κ1) is 15.4. The molecule has 0 saturated carbocycles. The Morgan fingerprint density at radius 3 is 2.62 bits per heavy atom. The van der Waals surface area contributed by atoms with Crippen molar-refractivity contribution in [3.05, 3.63) is 0 Å². The highest BCUT2D eigenvalue weighted by Crippen LogP contribution is 1.96. The minimum Gasteiger partial charge on any atom is -0.353 e. The van der Waals surface area contributed by atoms with Gasteiger partial charge in [0.05, 0.1) is 6.54 Å². The summed E-state index contributed by atoms with van der Waals surface area (Å²) in [4.78, 5) is 13.8. The van der Waals surface area contributed by atoms with Crippen LogP contribution in [0, 0.1) is 0 Å². The van der Waals surface area contributed by atoms with Crippen molar-refractivity contribution >= 4 is 5.91 Å². The zero-order valence-corrected chi connectivity index (χ0v) is 11.0.